The number of aliphatic hydroxyl groups excluding tert-OH is 1. The quantitative estimate of drug-likeness (QED) is 0.758. The summed E-state index contributed by atoms with van der Waals surface area (Å²) in [6.07, 6.45) is 2.61. The van der Waals surface area contributed by atoms with E-state index in [1.807, 2.05) is 13.8 Å². The zero-order chi connectivity index (χ0) is 13.9. The highest BCUT2D eigenvalue weighted by Gasteiger charge is 2.55. The van der Waals surface area contributed by atoms with Gasteiger partial charge in [0, 0.05) is 25.0 Å². The van der Waals surface area contributed by atoms with E-state index in [2.05, 4.69) is 10.2 Å². The second-order valence-electron chi connectivity index (χ2n) is 5.66. The van der Waals surface area contributed by atoms with Crippen molar-refractivity contribution in [3.63, 3.8) is 0 Å². The highest BCUT2D eigenvalue weighted by atomic mass is 16.5. The van der Waals surface area contributed by atoms with E-state index in [4.69, 9.17) is 4.74 Å². The summed E-state index contributed by atoms with van der Waals surface area (Å²) in [5, 5.41) is 12.9. The Morgan fingerprint density at radius 1 is 1.42 bits per heavy atom. The Morgan fingerprint density at radius 2 is 2.11 bits per heavy atom. The number of nitrogens with zero attached hydrogens (tertiary/aromatic N) is 1. The molecule has 5 nitrogen and oxygen atoms in total. The van der Waals surface area contributed by atoms with Crippen molar-refractivity contribution in [2.45, 2.75) is 45.3 Å². The van der Waals surface area contributed by atoms with Gasteiger partial charge >= 0.3 is 0 Å². The maximum atomic E-state index is 11.6. The number of likely N-dealkylation sites (tertiary alicyclic amines) is 1. The van der Waals surface area contributed by atoms with Crippen molar-refractivity contribution in [1.29, 1.82) is 0 Å². The van der Waals surface area contributed by atoms with Crippen LogP contribution in [-0.2, 0) is 9.53 Å². The largest absolute Gasteiger partial charge is 0.392 e. The summed E-state index contributed by atoms with van der Waals surface area (Å²) in [5.41, 5.74) is -0.0479. The van der Waals surface area contributed by atoms with Gasteiger partial charge in [0.1, 0.15) is 0 Å². The van der Waals surface area contributed by atoms with Crippen molar-refractivity contribution in [2.75, 3.05) is 32.8 Å². The number of hydrogen-bond acceptors (Lipinski definition) is 4. The van der Waals surface area contributed by atoms with Crippen LogP contribution in [-0.4, -0.2) is 60.9 Å². The molecule has 5 heteroatoms. The molecular weight excluding hydrogens is 244 g/mol. The smallest absolute Gasteiger partial charge is 0.234 e. The van der Waals surface area contributed by atoms with Gasteiger partial charge in [0.05, 0.1) is 18.8 Å². The monoisotopic (exact) mass is 270 g/mol. The van der Waals surface area contributed by atoms with E-state index < -0.39 is 0 Å². The van der Waals surface area contributed by atoms with Crippen LogP contribution in [0.4, 0.5) is 0 Å². The van der Waals surface area contributed by atoms with E-state index in [0.717, 1.165) is 32.4 Å². The third kappa shape index (κ3) is 2.93. The van der Waals surface area contributed by atoms with Crippen molar-refractivity contribution in [3.8, 4) is 0 Å². The first-order chi connectivity index (χ1) is 9.12. The minimum absolute atomic E-state index is 0.0479. The fraction of sp³-hybridized carbons (Fsp3) is 0.929. The Hall–Kier alpha value is -0.650. The van der Waals surface area contributed by atoms with E-state index in [-0.39, 0.29) is 23.5 Å². The second-order valence-corrected chi connectivity index (χ2v) is 5.66. The lowest BCUT2D eigenvalue weighted by Crippen LogP contribution is -2.62. The van der Waals surface area contributed by atoms with Gasteiger partial charge in [-0.15, -0.1) is 0 Å². The van der Waals surface area contributed by atoms with Gasteiger partial charge in [0.15, 0.2) is 0 Å². The van der Waals surface area contributed by atoms with Crippen LogP contribution in [0.2, 0.25) is 0 Å². The molecule has 1 aliphatic carbocycles. The number of aliphatic hydroxyl groups is 1. The van der Waals surface area contributed by atoms with Crippen LogP contribution in [0.15, 0.2) is 0 Å². The Kier molecular flexibility index (Phi) is 4.81. The van der Waals surface area contributed by atoms with Gasteiger partial charge in [-0.25, -0.2) is 0 Å². The van der Waals surface area contributed by atoms with Gasteiger partial charge in [-0.1, -0.05) is 0 Å². The number of amides is 1. The molecule has 1 heterocycles. The zero-order valence-electron chi connectivity index (χ0n) is 12.0. The topological polar surface area (TPSA) is 61.8 Å². The van der Waals surface area contributed by atoms with Gasteiger partial charge in [0.25, 0.3) is 0 Å². The average Bonchev–Trinajstić information content (AvgIpc) is 2.39. The molecule has 2 N–H and O–H groups in total. The summed E-state index contributed by atoms with van der Waals surface area (Å²) in [7, 11) is 0. The minimum Gasteiger partial charge on any atom is -0.392 e. The SMILES string of the molecule is CCNC(=O)CN1CCC2(CC1)C(O)CC2OCC. The number of carbonyl (C=O) groups excluding carboxylic acids is 1. The van der Waals surface area contributed by atoms with Crippen LogP contribution in [0, 0.1) is 5.41 Å². The number of piperidine rings is 1. The standard InChI is InChI=1S/C14H26N2O3/c1-3-15-13(18)10-16-7-5-14(6-8-16)11(17)9-12(14)19-4-2/h11-12,17H,3-10H2,1-2H3,(H,15,18). The summed E-state index contributed by atoms with van der Waals surface area (Å²) in [4.78, 5) is 13.7. The molecule has 110 valence electrons. The van der Waals surface area contributed by atoms with Crippen molar-refractivity contribution in [2.24, 2.45) is 5.41 Å². The number of carbonyl (C=O) groups is 1. The Labute approximate surface area is 115 Å². The van der Waals surface area contributed by atoms with Crippen molar-refractivity contribution < 1.29 is 14.6 Å². The van der Waals surface area contributed by atoms with E-state index >= 15 is 0 Å². The average molecular weight is 270 g/mol. The normalized spacial score (nSPS) is 30.1. The molecule has 0 bridgehead atoms. The molecule has 19 heavy (non-hydrogen) atoms. The van der Waals surface area contributed by atoms with Gasteiger partial charge in [0.2, 0.25) is 5.91 Å². The molecule has 0 aromatic rings. The molecule has 1 aliphatic heterocycles. The van der Waals surface area contributed by atoms with E-state index in [0.29, 0.717) is 19.7 Å². The summed E-state index contributed by atoms with van der Waals surface area (Å²) in [6, 6.07) is 0. The summed E-state index contributed by atoms with van der Waals surface area (Å²) in [6.45, 7) is 7.54. The first-order valence-corrected chi connectivity index (χ1v) is 7.41. The number of hydrogen-bond donors (Lipinski definition) is 2. The van der Waals surface area contributed by atoms with Crippen molar-refractivity contribution >= 4 is 5.91 Å². The van der Waals surface area contributed by atoms with E-state index in [1.165, 1.54) is 0 Å². The molecule has 1 spiro atoms. The molecule has 2 rings (SSSR count). The van der Waals surface area contributed by atoms with E-state index in [1.54, 1.807) is 0 Å². The third-order valence-corrected chi connectivity index (χ3v) is 4.64. The number of likely N-dealkylation sites (N-methyl/N-ethyl adjacent to an activating group) is 1. The number of ether oxygens (including phenoxy) is 1. The lowest BCUT2D eigenvalue weighted by Gasteiger charge is -2.56. The molecule has 1 saturated heterocycles. The molecule has 0 radical (unpaired) electrons. The summed E-state index contributed by atoms with van der Waals surface area (Å²) >= 11 is 0. The lowest BCUT2D eigenvalue weighted by molar-refractivity contribution is -0.209. The first kappa shape index (κ1) is 14.8. The van der Waals surface area contributed by atoms with Crippen molar-refractivity contribution in [3.05, 3.63) is 0 Å². The fourth-order valence-corrected chi connectivity index (χ4v) is 3.40. The highest BCUT2D eigenvalue weighted by Crippen LogP contribution is 2.50. The Bertz CT molecular complexity index is 312. The predicted molar refractivity (Wildman–Crippen MR) is 72.8 cm³/mol. The lowest BCUT2D eigenvalue weighted by atomic mass is 9.58. The van der Waals surface area contributed by atoms with Crippen LogP contribution < -0.4 is 5.32 Å². The van der Waals surface area contributed by atoms with Crippen molar-refractivity contribution in [1.82, 2.24) is 10.2 Å². The molecule has 0 aromatic carbocycles. The zero-order valence-corrected chi connectivity index (χ0v) is 12.0. The summed E-state index contributed by atoms with van der Waals surface area (Å²) < 4.78 is 5.74. The predicted octanol–water partition coefficient (Wildman–Crippen LogP) is 0.374. The second kappa shape index (κ2) is 6.20. The number of rotatable bonds is 5. The molecule has 2 atom stereocenters. The minimum atomic E-state index is -0.226. The maximum absolute atomic E-state index is 11.6. The van der Waals surface area contributed by atoms with Gasteiger partial charge in [-0.2, -0.15) is 0 Å². The first-order valence-electron chi connectivity index (χ1n) is 7.41. The van der Waals surface area contributed by atoms with Gasteiger partial charge < -0.3 is 15.2 Å². The Balaban J connectivity index is 1.83. The maximum Gasteiger partial charge on any atom is 0.234 e. The van der Waals surface area contributed by atoms with Crippen LogP contribution >= 0.6 is 0 Å². The number of nitrogens with one attached hydrogen (secondary N) is 1. The summed E-state index contributed by atoms with van der Waals surface area (Å²) in [5.74, 6) is 0.0916. The van der Waals surface area contributed by atoms with E-state index in [9.17, 15) is 9.90 Å². The van der Waals surface area contributed by atoms with Crippen LogP contribution in [0.25, 0.3) is 0 Å². The van der Waals surface area contributed by atoms with Crippen LogP contribution in [0.3, 0.4) is 0 Å². The molecule has 1 saturated carbocycles. The van der Waals surface area contributed by atoms with Gasteiger partial charge in [-0.3, -0.25) is 9.69 Å². The fourth-order valence-electron chi connectivity index (χ4n) is 3.40. The van der Waals surface area contributed by atoms with Crippen LogP contribution in [0.5, 0.6) is 0 Å². The molecular formula is C14H26N2O3. The van der Waals surface area contributed by atoms with Gasteiger partial charge in [-0.05, 0) is 39.8 Å². The molecule has 2 unspecified atom stereocenters. The molecule has 0 aromatic heterocycles. The molecule has 1 amide bonds. The Morgan fingerprint density at radius 3 is 2.63 bits per heavy atom. The van der Waals surface area contributed by atoms with Crippen LogP contribution in [0.1, 0.15) is 33.1 Å². The molecule has 2 fully saturated rings. The molecule has 2 aliphatic rings. The third-order valence-electron chi connectivity index (χ3n) is 4.64. The highest BCUT2D eigenvalue weighted by molar-refractivity contribution is 5.77.